The predicted molar refractivity (Wildman–Crippen MR) is 89.3 cm³/mol. The van der Waals surface area contributed by atoms with Crippen molar-refractivity contribution >= 4 is 38.7 Å². The van der Waals surface area contributed by atoms with Crippen LogP contribution in [0.5, 0.6) is 0 Å². The maximum Gasteiger partial charge on any atom is 0.261 e. The molecule has 2 amide bonds. The van der Waals surface area contributed by atoms with E-state index in [4.69, 9.17) is 4.42 Å². The van der Waals surface area contributed by atoms with Gasteiger partial charge in [0, 0.05) is 5.39 Å². The zero-order valence-corrected chi connectivity index (χ0v) is 13.9. The van der Waals surface area contributed by atoms with Crippen LogP contribution in [0, 0.1) is 6.92 Å². The molecular formula is C18H12BrNO3. The van der Waals surface area contributed by atoms with Crippen LogP contribution < -0.4 is 0 Å². The number of amides is 2. The Morgan fingerprint density at radius 3 is 2.30 bits per heavy atom. The summed E-state index contributed by atoms with van der Waals surface area (Å²) in [5, 5.41) is 0.978. The first-order chi connectivity index (χ1) is 11.1. The van der Waals surface area contributed by atoms with Crippen molar-refractivity contribution in [1.29, 1.82) is 0 Å². The highest BCUT2D eigenvalue weighted by Gasteiger charge is 2.35. The largest absolute Gasteiger partial charge is 0.458 e. The van der Waals surface area contributed by atoms with Crippen LogP contribution in [0.4, 0.5) is 0 Å². The zero-order chi connectivity index (χ0) is 16.1. The zero-order valence-electron chi connectivity index (χ0n) is 12.3. The molecule has 0 bridgehead atoms. The van der Waals surface area contributed by atoms with Crippen LogP contribution in [0.2, 0.25) is 0 Å². The second-order valence-electron chi connectivity index (χ2n) is 5.56. The molecule has 1 aliphatic heterocycles. The Labute approximate surface area is 140 Å². The molecule has 0 saturated carbocycles. The van der Waals surface area contributed by atoms with Gasteiger partial charge in [0.2, 0.25) is 0 Å². The van der Waals surface area contributed by atoms with Gasteiger partial charge in [-0.1, -0.05) is 18.2 Å². The van der Waals surface area contributed by atoms with Crippen molar-refractivity contribution in [2.24, 2.45) is 0 Å². The fourth-order valence-corrected chi connectivity index (χ4v) is 3.32. The van der Waals surface area contributed by atoms with Crippen molar-refractivity contribution in [3.63, 3.8) is 0 Å². The summed E-state index contributed by atoms with van der Waals surface area (Å²) in [6.07, 6.45) is 0. The Morgan fingerprint density at radius 2 is 1.70 bits per heavy atom. The van der Waals surface area contributed by atoms with Crippen LogP contribution in [-0.4, -0.2) is 16.7 Å². The summed E-state index contributed by atoms with van der Waals surface area (Å²) in [6.45, 7) is 2.13. The van der Waals surface area contributed by atoms with Crippen LogP contribution in [0.3, 0.4) is 0 Å². The second-order valence-corrected chi connectivity index (χ2v) is 6.42. The van der Waals surface area contributed by atoms with Crippen LogP contribution in [0.15, 0.2) is 51.4 Å². The summed E-state index contributed by atoms with van der Waals surface area (Å²) >= 11 is 3.46. The number of aryl methyl sites for hydroxylation is 1. The molecule has 0 radical (unpaired) electrons. The lowest BCUT2D eigenvalue weighted by molar-refractivity contribution is 0.0632. The smallest absolute Gasteiger partial charge is 0.261 e. The van der Waals surface area contributed by atoms with Gasteiger partial charge in [-0.05, 0) is 52.7 Å². The molecule has 5 heteroatoms. The lowest BCUT2D eigenvalue weighted by Gasteiger charge is -2.11. The highest BCUT2D eigenvalue weighted by molar-refractivity contribution is 9.10. The van der Waals surface area contributed by atoms with Crippen molar-refractivity contribution in [2.45, 2.75) is 13.5 Å². The first-order valence-electron chi connectivity index (χ1n) is 7.19. The Kier molecular flexibility index (Phi) is 3.13. The third kappa shape index (κ3) is 2.11. The molecule has 4 rings (SSSR count). The van der Waals surface area contributed by atoms with Crippen LogP contribution in [0.25, 0.3) is 11.0 Å². The van der Waals surface area contributed by atoms with Gasteiger partial charge in [-0.2, -0.15) is 0 Å². The average Bonchev–Trinajstić information content (AvgIpc) is 3.09. The molecule has 0 unspecified atom stereocenters. The molecule has 0 aliphatic carbocycles. The number of fused-ring (bicyclic) bond motifs is 2. The van der Waals surface area contributed by atoms with Crippen molar-refractivity contribution in [3.8, 4) is 0 Å². The summed E-state index contributed by atoms with van der Waals surface area (Å²) in [6, 6.07) is 12.7. The molecule has 4 nitrogen and oxygen atoms in total. The van der Waals surface area contributed by atoms with E-state index in [2.05, 4.69) is 15.9 Å². The molecule has 0 atom stereocenters. The molecule has 0 spiro atoms. The minimum Gasteiger partial charge on any atom is -0.458 e. The number of imide groups is 1. The van der Waals surface area contributed by atoms with Crippen LogP contribution >= 0.6 is 15.9 Å². The second kappa shape index (κ2) is 5.06. The average molecular weight is 370 g/mol. The van der Waals surface area contributed by atoms with Crippen molar-refractivity contribution in [3.05, 3.63) is 69.4 Å². The molecule has 0 saturated heterocycles. The number of hydrogen-bond acceptors (Lipinski definition) is 3. The predicted octanol–water partition coefficient (Wildman–Crippen LogP) is 4.30. The maximum absolute atomic E-state index is 12.4. The number of furan rings is 1. The fourth-order valence-electron chi connectivity index (χ4n) is 2.89. The molecule has 0 fully saturated rings. The van der Waals surface area contributed by atoms with Gasteiger partial charge >= 0.3 is 0 Å². The lowest BCUT2D eigenvalue weighted by Crippen LogP contribution is -2.28. The molecule has 3 aromatic rings. The highest BCUT2D eigenvalue weighted by Crippen LogP contribution is 2.31. The standard InChI is InChI=1S/C18H12BrNO3/c1-10-6-7-15(19)16-14(10)8-11(23-16)9-20-17(21)12-4-2-3-5-13(12)18(20)22/h2-8H,9H2,1H3. The summed E-state index contributed by atoms with van der Waals surface area (Å²) in [5.41, 5.74) is 2.72. The van der Waals surface area contributed by atoms with Crippen molar-refractivity contribution in [2.75, 3.05) is 0 Å². The molecule has 23 heavy (non-hydrogen) atoms. The third-order valence-electron chi connectivity index (χ3n) is 4.10. The summed E-state index contributed by atoms with van der Waals surface area (Å²) < 4.78 is 6.70. The first kappa shape index (κ1) is 14.2. The number of carbonyl (C=O) groups is 2. The van der Waals surface area contributed by atoms with Gasteiger partial charge in [0.25, 0.3) is 11.8 Å². The van der Waals surface area contributed by atoms with E-state index in [1.54, 1.807) is 24.3 Å². The maximum atomic E-state index is 12.4. The van der Waals surface area contributed by atoms with Gasteiger partial charge in [-0.3, -0.25) is 14.5 Å². The lowest BCUT2D eigenvalue weighted by atomic mass is 10.1. The molecule has 2 aromatic carbocycles. The Morgan fingerprint density at radius 1 is 1.04 bits per heavy atom. The molecular weight excluding hydrogens is 358 g/mol. The number of rotatable bonds is 2. The van der Waals surface area contributed by atoms with Gasteiger partial charge in [-0.15, -0.1) is 0 Å². The number of hydrogen-bond donors (Lipinski definition) is 0. The minimum absolute atomic E-state index is 0.132. The van der Waals surface area contributed by atoms with E-state index in [1.165, 1.54) is 4.90 Å². The molecule has 2 heterocycles. The SMILES string of the molecule is Cc1ccc(Br)c2oc(CN3C(=O)c4ccccc4C3=O)cc12. The molecule has 0 N–H and O–H groups in total. The highest BCUT2D eigenvalue weighted by atomic mass is 79.9. The first-order valence-corrected chi connectivity index (χ1v) is 7.98. The van der Waals surface area contributed by atoms with Gasteiger partial charge in [0.1, 0.15) is 11.3 Å². The minimum atomic E-state index is -0.276. The van der Waals surface area contributed by atoms with E-state index >= 15 is 0 Å². The van der Waals surface area contributed by atoms with E-state index in [-0.39, 0.29) is 18.4 Å². The fraction of sp³-hybridized carbons (Fsp3) is 0.111. The normalized spacial score (nSPS) is 13.9. The Balaban J connectivity index is 1.72. The van der Waals surface area contributed by atoms with Gasteiger partial charge < -0.3 is 4.42 Å². The Bertz CT molecular complexity index is 900. The van der Waals surface area contributed by atoms with Gasteiger partial charge in [-0.25, -0.2) is 0 Å². The summed E-state index contributed by atoms with van der Waals surface area (Å²) in [7, 11) is 0. The van der Waals surface area contributed by atoms with Crippen molar-refractivity contribution < 1.29 is 14.0 Å². The number of benzene rings is 2. The Hall–Kier alpha value is -2.40. The summed E-state index contributed by atoms with van der Waals surface area (Å²) in [4.78, 5) is 26.1. The van der Waals surface area contributed by atoms with Crippen LogP contribution in [0.1, 0.15) is 32.0 Å². The number of carbonyl (C=O) groups excluding carboxylic acids is 2. The number of halogens is 1. The third-order valence-corrected chi connectivity index (χ3v) is 4.72. The van der Waals surface area contributed by atoms with Crippen LogP contribution in [-0.2, 0) is 6.54 Å². The van der Waals surface area contributed by atoms with E-state index in [0.717, 1.165) is 21.0 Å². The van der Waals surface area contributed by atoms with E-state index < -0.39 is 0 Å². The van der Waals surface area contributed by atoms with E-state index in [1.807, 2.05) is 25.1 Å². The molecule has 114 valence electrons. The topological polar surface area (TPSA) is 50.5 Å². The van der Waals surface area contributed by atoms with Gasteiger partial charge in [0.15, 0.2) is 0 Å². The van der Waals surface area contributed by atoms with E-state index in [9.17, 15) is 9.59 Å². The summed E-state index contributed by atoms with van der Waals surface area (Å²) in [5.74, 6) is 0.0354. The van der Waals surface area contributed by atoms with Crippen molar-refractivity contribution in [1.82, 2.24) is 4.90 Å². The monoisotopic (exact) mass is 369 g/mol. The number of nitrogens with zero attached hydrogens (tertiary/aromatic N) is 1. The quantitative estimate of drug-likeness (QED) is 0.632. The molecule has 1 aromatic heterocycles. The van der Waals surface area contributed by atoms with Gasteiger partial charge in [0.05, 0.1) is 22.1 Å². The molecule has 1 aliphatic rings. The van der Waals surface area contributed by atoms with E-state index in [0.29, 0.717) is 16.9 Å².